The lowest BCUT2D eigenvalue weighted by Crippen LogP contribution is -2.13. The van der Waals surface area contributed by atoms with Crippen molar-refractivity contribution in [2.24, 2.45) is 0 Å². The van der Waals surface area contributed by atoms with Gasteiger partial charge in [-0.05, 0) is 31.2 Å². The summed E-state index contributed by atoms with van der Waals surface area (Å²) in [7, 11) is -3.19. The maximum Gasteiger partial charge on any atom is 0.435 e. The van der Waals surface area contributed by atoms with E-state index in [9.17, 15) is 39.6 Å². The van der Waals surface area contributed by atoms with E-state index in [0.717, 1.165) is 11.8 Å². The van der Waals surface area contributed by atoms with Crippen molar-refractivity contribution in [1.29, 1.82) is 0 Å². The van der Waals surface area contributed by atoms with Crippen molar-refractivity contribution < 1.29 is 39.6 Å². The molecule has 2 aromatic carbocycles. The van der Waals surface area contributed by atoms with Gasteiger partial charge in [0.2, 0.25) is 0 Å². The summed E-state index contributed by atoms with van der Waals surface area (Å²) >= 11 is 0. The Morgan fingerprint density at radius 2 is 1.50 bits per heavy atom. The number of benzene rings is 2. The van der Waals surface area contributed by atoms with Crippen LogP contribution < -0.4 is 0 Å². The highest BCUT2D eigenvalue weighted by Gasteiger charge is 2.42. The monoisotopic (exact) mass is 478 g/mol. The number of aromatic nitrogens is 2. The second kappa shape index (κ2) is 9.15. The van der Waals surface area contributed by atoms with Gasteiger partial charge in [0, 0.05) is 17.9 Å². The Balaban J connectivity index is 0.000000258. The zero-order valence-corrected chi connectivity index (χ0v) is 17.4. The average Bonchev–Trinajstić information content (AvgIpc) is 3.15. The number of carbonyl (C=O) groups is 1. The molecule has 172 valence electrons. The highest BCUT2D eigenvalue weighted by molar-refractivity contribution is 7.90. The molecule has 0 unspecified atom stereocenters. The molecule has 0 spiro atoms. The molecular weight excluding hydrogens is 462 g/mol. The third-order valence-electron chi connectivity index (χ3n) is 3.99. The highest BCUT2D eigenvalue weighted by Crippen LogP contribution is 2.36. The maximum absolute atomic E-state index is 12.8. The number of nitrogens with zero attached hydrogens (tertiary/aromatic N) is 2. The number of hydrogen-bond donors (Lipinski definition) is 0. The molecule has 0 saturated carbocycles. The molecule has 0 amide bonds. The van der Waals surface area contributed by atoms with Crippen LogP contribution >= 0.6 is 0 Å². The van der Waals surface area contributed by atoms with Crippen molar-refractivity contribution in [3.8, 4) is 5.69 Å². The predicted octanol–water partition coefficient (Wildman–Crippen LogP) is 5.12. The van der Waals surface area contributed by atoms with E-state index in [4.69, 9.17) is 0 Å². The normalized spacial score (nSPS) is 12.1. The van der Waals surface area contributed by atoms with E-state index in [0.29, 0.717) is 11.8 Å². The van der Waals surface area contributed by atoms with E-state index in [1.54, 1.807) is 19.1 Å². The van der Waals surface area contributed by atoms with Crippen molar-refractivity contribution in [3.63, 3.8) is 0 Å². The Morgan fingerprint density at radius 1 is 0.906 bits per heavy atom. The van der Waals surface area contributed by atoms with Crippen LogP contribution in [0.15, 0.2) is 59.5 Å². The van der Waals surface area contributed by atoms with Crippen molar-refractivity contribution in [2.45, 2.75) is 24.2 Å². The number of hydrogen-bond acceptors (Lipinski definition) is 4. The third kappa shape index (κ3) is 6.42. The van der Waals surface area contributed by atoms with E-state index in [2.05, 4.69) is 5.10 Å². The molecule has 12 heteroatoms. The molecule has 32 heavy (non-hydrogen) atoms. The summed E-state index contributed by atoms with van der Waals surface area (Å²) in [6.45, 7) is 1.71. The number of sulfone groups is 1. The maximum atomic E-state index is 12.8. The van der Waals surface area contributed by atoms with Gasteiger partial charge in [0.05, 0.1) is 10.6 Å². The molecular formula is C20H16F6N2O3S. The molecule has 0 bridgehead atoms. The van der Waals surface area contributed by atoms with Crippen molar-refractivity contribution in [2.75, 3.05) is 6.26 Å². The molecule has 5 nitrogen and oxygen atoms in total. The fourth-order valence-electron chi connectivity index (χ4n) is 2.42. The van der Waals surface area contributed by atoms with E-state index < -0.39 is 33.6 Å². The topological polar surface area (TPSA) is 69.0 Å². The quantitative estimate of drug-likeness (QED) is 0.387. The Morgan fingerprint density at radius 3 is 1.97 bits per heavy atom. The smallest absolute Gasteiger partial charge is 0.298 e. The minimum absolute atomic E-state index is 0.000142. The molecule has 1 heterocycles. The van der Waals surface area contributed by atoms with Crippen LogP contribution in [0, 0.1) is 6.92 Å². The van der Waals surface area contributed by atoms with Gasteiger partial charge in [0.25, 0.3) is 0 Å². The summed E-state index contributed by atoms with van der Waals surface area (Å²) in [6.07, 6.45) is -8.14. The second-order valence-corrected chi connectivity index (χ2v) is 8.64. The first-order valence-electron chi connectivity index (χ1n) is 8.69. The molecule has 0 fully saturated rings. The molecule has 0 N–H and O–H groups in total. The summed E-state index contributed by atoms with van der Waals surface area (Å²) in [5, 5.41) is 3.02. The Kier molecular flexibility index (Phi) is 7.18. The SMILES string of the molecule is CS(=O)(=O)c1cccc(C=O)c1.Cc1ccc(-n2nc(C(F)(F)F)cc2C(F)(F)F)cc1. The number of rotatable bonds is 3. The van der Waals surface area contributed by atoms with Crippen LogP contribution in [-0.2, 0) is 22.2 Å². The van der Waals surface area contributed by atoms with Gasteiger partial charge in [0.15, 0.2) is 15.5 Å². The van der Waals surface area contributed by atoms with Crippen LogP contribution in [0.5, 0.6) is 0 Å². The molecule has 0 atom stereocenters. The summed E-state index contributed by atoms with van der Waals surface area (Å²) in [6, 6.07) is 11.4. The molecule has 0 aliphatic carbocycles. The van der Waals surface area contributed by atoms with Crippen LogP contribution in [-0.4, -0.2) is 30.7 Å². The number of aldehydes is 1. The van der Waals surface area contributed by atoms with E-state index in [-0.39, 0.29) is 21.3 Å². The number of halogens is 6. The lowest BCUT2D eigenvalue weighted by molar-refractivity contribution is -0.143. The summed E-state index contributed by atoms with van der Waals surface area (Å²) in [5.41, 5.74) is -1.99. The van der Waals surface area contributed by atoms with Crippen molar-refractivity contribution in [3.05, 3.63) is 77.1 Å². The van der Waals surface area contributed by atoms with Gasteiger partial charge in [-0.1, -0.05) is 29.8 Å². The molecule has 3 aromatic rings. The largest absolute Gasteiger partial charge is 0.435 e. The first-order chi connectivity index (χ1) is 14.6. The number of aryl methyl sites for hydroxylation is 1. The van der Waals surface area contributed by atoms with Crippen LogP contribution in [0.4, 0.5) is 26.3 Å². The minimum atomic E-state index is -4.93. The van der Waals surface area contributed by atoms with Crippen LogP contribution in [0.25, 0.3) is 5.69 Å². The van der Waals surface area contributed by atoms with E-state index in [1.807, 2.05) is 0 Å². The van der Waals surface area contributed by atoms with Crippen molar-refractivity contribution in [1.82, 2.24) is 9.78 Å². The molecule has 0 aliphatic rings. The Bertz CT molecular complexity index is 1200. The average molecular weight is 478 g/mol. The van der Waals surface area contributed by atoms with Gasteiger partial charge in [-0.15, -0.1) is 0 Å². The van der Waals surface area contributed by atoms with Gasteiger partial charge in [-0.25, -0.2) is 13.1 Å². The zero-order valence-electron chi connectivity index (χ0n) is 16.6. The van der Waals surface area contributed by atoms with Crippen LogP contribution in [0.3, 0.4) is 0 Å². The van der Waals surface area contributed by atoms with Gasteiger partial charge < -0.3 is 0 Å². The van der Waals surface area contributed by atoms with Gasteiger partial charge in [0.1, 0.15) is 12.0 Å². The van der Waals surface area contributed by atoms with E-state index in [1.165, 1.54) is 36.4 Å². The molecule has 1 aromatic heterocycles. The predicted molar refractivity (Wildman–Crippen MR) is 103 cm³/mol. The van der Waals surface area contributed by atoms with Gasteiger partial charge in [-0.2, -0.15) is 31.4 Å². The molecule has 0 aliphatic heterocycles. The standard InChI is InChI=1S/C12H8F6N2.C8H8O3S/c1-7-2-4-8(5-3-7)20-10(12(16,17)18)6-9(19-20)11(13,14)15;1-12(10,11)8-4-2-3-7(5-8)6-9/h2-6H,1H3;2-6H,1H3. The highest BCUT2D eigenvalue weighted by atomic mass is 32.2. The van der Waals surface area contributed by atoms with Gasteiger partial charge >= 0.3 is 12.4 Å². The fourth-order valence-corrected chi connectivity index (χ4v) is 3.10. The fraction of sp³-hybridized carbons (Fsp3) is 0.200. The Hall–Kier alpha value is -3.15. The third-order valence-corrected chi connectivity index (χ3v) is 5.10. The number of carbonyl (C=O) groups excluding carboxylic acids is 1. The second-order valence-electron chi connectivity index (χ2n) is 6.62. The summed E-state index contributed by atoms with van der Waals surface area (Å²) in [4.78, 5) is 10.5. The van der Waals surface area contributed by atoms with Gasteiger partial charge in [-0.3, -0.25) is 4.79 Å². The molecule has 0 radical (unpaired) electrons. The minimum Gasteiger partial charge on any atom is -0.298 e. The Labute approximate surface area is 179 Å². The summed E-state index contributed by atoms with van der Waals surface area (Å²) < 4.78 is 98.1. The van der Waals surface area contributed by atoms with Crippen LogP contribution in [0.2, 0.25) is 0 Å². The lowest BCUT2D eigenvalue weighted by Gasteiger charge is -2.10. The van der Waals surface area contributed by atoms with E-state index >= 15 is 0 Å². The summed E-state index contributed by atoms with van der Waals surface area (Å²) in [5.74, 6) is 0. The first kappa shape index (κ1) is 25.1. The van der Waals surface area contributed by atoms with Crippen LogP contribution in [0.1, 0.15) is 27.3 Å². The number of alkyl halides is 6. The molecule has 0 saturated heterocycles. The van der Waals surface area contributed by atoms with Crippen molar-refractivity contribution >= 4 is 16.1 Å². The zero-order chi connectivity index (χ0) is 24.3. The first-order valence-corrected chi connectivity index (χ1v) is 10.6. The molecule has 3 rings (SSSR count). The lowest BCUT2D eigenvalue weighted by atomic mass is 10.2.